The van der Waals surface area contributed by atoms with E-state index in [1.54, 1.807) is 19.2 Å². The lowest BCUT2D eigenvalue weighted by molar-refractivity contribution is -0.274. The normalized spacial score (nSPS) is 12.7. The molecule has 2 aromatic carbocycles. The van der Waals surface area contributed by atoms with Crippen molar-refractivity contribution in [3.05, 3.63) is 87.6 Å². The number of H-pyrrole nitrogens is 1. The van der Waals surface area contributed by atoms with Gasteiger partial charge in [-0.2, -0.15) is 0 Å². The van der Waals surface area contributed by atoms with Gasteiger partial charge in [0, 0.05) is 11.5 Å². The molecule has 1 heterocycles. The molecular weight excluding hydrogens is 463 g/mol. The van der Waals surface area contributed by atoms with Crippen LogP contribution in [-0.2, 0) is 5.41 Å². The summed E-state index contributed by atoms with van der Waals surface area (Å²) in [7, 11) is 1.56. The van der Waals surface area contributed by atoms with E-state index in [4.69, 9.17) is 4.74 Å². The molecule has 1 atom stereocenters. The first-order chi connectivity index (χ1) is 16.4. The van der Waals surface area contributed by atoms with Crippen molar-refractivity contribution in [2.45, 2.75) is 45.0 Å². The van der Waals surface area contributed by atoms with Crippen molar-refractivity contribution in [2.75, 3.05) is 7.11 Å². The molecule has 0 aliphatic rings. The Morgan fingerprint density at radius 2 is 1.66 bits per heavy atom. The van der Waals surface area contributed by atoms with Gasteiger partial charge in [-0.25, -0.2) is 4.98 Å². The Balaban J connectivity index is 1.83. The number of hydrogen-bond donors (Lipinski definition) is 2. The quantitative estimate of drug-likeness (QED) is 0.470. The molecule has 0 bridgehead atoms. The Hall–Kier alpha value is -3.82. The molecule has 186 valence electrons. The number of aromatic amines is 1. The fourth-order valence-corrected chi connectivity index (χ4v) is 3.57. The molecule has 1 aromatic heterocycles. The number of ether oxygens (including phenoxy) is 2. The van der Waals surface area contributed by atoms with Crippen LogP contribution in [0.2, 0.25) is 0 Å². The highest BCUT2D eigenvalue weighted by Gasteiger charge is 2.31. The van der Waals surface area contributed by atoms with E-state index in [9.17, 15) is 22.8 Å². The predicted molar refractivity (Wildman–Crippen MR) is 124 cm³/mol. The van der Waals surface area contributed by atoms with Crippen LogP contribution >= 0.6 is 0 Å². The number of alkyl halides is 3. The van der Waals surface area contributed by atoms with E-state index in [1.165, 1.54) is 24.3 Å². The van der Waals surface area contributed by atoms with Gasteiger partial charge in [0.05, 0.1) is 13.2 Å². The van der Waals surface area contributed by atoms with E-state index < -0.39 is 29.3 Å². The lowest BCUT2D eigenvalue weighted by Crippen LogP contribution is -2.33. The molecule has 3 rings (SSSR count). The van der Waals surface area contributed by atoms with Crippen LogP contribution in [0.5, 0.6) is 11.5 Å². The Labute approximate surface area is 200 Å². The summed E-state index contributed by atoms with van der Waals surface area (Å²) in [4.78, 5) is 32.5. The van der Waals surface area contributed by atoms with E-state index in [-0.39, 0.29) is 11.4 Å². The monoisotopic (exact) mass is 489 g/mol. The molecule has 0 spiro atoms. The van der Waals surface area contributed by atoms with E-state index >= 15 is 0 Å². The van der Waals surface area contributed by atoms with Crippen molar-refractivity contribution < 1.29 is 27.4 Å². The minimum atomic E-state index is -4.79. The number of benzene rings is 2. The Kier molecular flexibility index (Phi) is 7.52. The van der Waals surface area contributed by atoms with Gasteiger partial charge in [-0.05, 0) is 55.7 Å². The molecule has 0 radical (unpaired) electrons. The minimum absolute atomic E-state index is 0.0687. The summed E-state index contributed by atoms with van der Waals surface area (Å²) in [5.41, 5.74) is 0.162. The molecule has 1 amide bonds. The van der Waals surface area contributed by atoms with Crippen molar-refractivity contribution >= 4 is 5.91 Å². The number of methoxy groups -OCH3 is 1. The second kappa shape index (κ2) is 10.2. The zero-order chi connectivity index (χ0) is 25.8. The first kappa shape index (κ1) is 25.8. The zero-order valence-corrected chi connectivity index (χ0v) is 19.7. The van der Waals surface area contributed by atoms with E-state index in [2.05, 4.69) is 20.0 Å². The van der Waals surface area contributed by atoms with Gasteiger partial charge in [-0.3, -0.25) is 9.59 Å². The summed E-state index contributed by atoms with van der Waals surface area (Å²) < 4.78 is 46.3. The van der Waals surface area contributed by atoms with Crippen LogP contribution < -0.4 is 20.3 Å². The second-order valence-corrected chi connectivity index (χ2v) is 8.38. The van der Waals surface area contributed by atoms with Crippen LogP contribution in [0.15, 0.2) is 59.4 Å². The molecule has 0 unspecified atom stereocenters. The molecular formula is C25H26F3N3O4. The number of carbonyl (C=O) groups is 1. The maximum Gasteiger partial charge on any atom is 0.573 e. The topological polar surface area (TPSA) is 93.3 Å². The van der Waals surface area contributed by atoms with Crippen LogP contribution in [0.1, 0.15) is 60.7 Å². The lowest BCUT2D eigenvalue weighted by atomic mass is 9.83. The van der Waals surface area contributed by atoms with Crippen LogP contribution in [0.4, 0.5) is 13.2 Å². The number of carbonyl (C=O) groups excluding carboxylic acids is 1. The number of rotatable bonds is 8. The maximum absolute atomic E-state index is 13.0. The predicted octanol–water partition coefficient (Wildman–Crippen LogP) is 4.88. The van der Waals surface area contributed by atoms with Gasteiger partial charge in [0.2, 0.25) is 0 Å². The summed E-state index contributed by atoms with van der Waals surface area (Å²) in [5, 5.41) is 2.79. The first-order valence-corrected chi connectivity index (χ1v) is 10.9. The largest absolute Gasteiger partial charge is 0.573 e. The van der Waals surface area contributed by atoms with Gasteiger partial charge in [0.1, 0.15) is 23.0 Å². The summed E-state index contributed by atoms with van der Waals surface area (Å²) >= 11 is 0. The van der Waals surface area contributed by atoms with Gasteiger partial charge in [-0.1, -0.05) is 31.2 Å². The van der Waals surface area contributed by atoms with Gasteiger partial charge in [-0.15, -0.1) is 13.2 Å². The standard InChI is InChI=1S/C25H26F3N3O4/c1-5-19(15-6-10-18(11-7-15)35-25(26,27)28)29-22(33)20-14-21(32)31-23(30-20)24(2,3)16-8-12-17(34-4)13-9-16/h6-14,19H,5H2,1-4H3,(H,29,33)(H,30,31,32)/t19-/m1/s1. The van der Waals surface area contributed by atoms with Crippen molar-refractivity contribution in [2.24, 2.45) is 0 Å². The third-order valence-corrected chi connectivity index (χ3v) is 5.61. The Morgan fingerprint density at radius 3 is 2.20 bits per heavy atom. The zero-order valence-electron chi connectivity index (χ0n) is 19.7. The molecule has 0 saturated carbocycles. The fourth-order valence-electron chi connectivity index (χ4n) is 3.57. The maximum atomic E-state index is 13.0. The van der Waals surface area contributed by atoms with E-state index in [0.29, 0.717) is 23.6 Å². The number of aromatic nitrogens is 2. The molecule has 3 aromatic rings. The van der Waals surface area contributed by atoms with Crippen molar-refractivity contribution in [3.8, 4) is 11.5 Å². The van der Waals surface area contributed by atoms with Crippen LogP contribution in [0.3, 0.4) is 0 Å². The van der Waals surface area contributed by atoms with Crippen molar-refractivity contribution in [1.29, 1.82) is 0 Å². The SMILES string of the molecule is CC[C@@H](NC(=O)c1cc(=O)[nH]c(C(C)(C)c2ccc(OC)cc2)n1)c1ccc(OC(F)(F)F)cc1. The third-order valence-electron chi connectivity index (χ3n) is 5.61. The van der Waals surface area contributed by atoms with Crippen LogP contribution in [0, 0.1) is 0 Å². The highest BCUT2D eigenvalue weighted by molar-refractivity contribution is 5.92. The average Bonchev–Trinajstić information content (AvgIpc) is 2.81. The van der Waals surface area contributed by atoms with Crippen molar-refractivity contribution in [3.63, 3.8) is 0 Å². The molecule has 7 nitrogen and oxygen atoms in total. The van der Waals surface area contributed by atoms with Crippen LogP contribution in [0.25, 0.3) is 0 Å². The molecule has 10 heteroatoms. The molecule has 0 fully saturated rings. The minimum Gasteiger partial charge on any atom is -0.497 e. The fraction of sp³-hybridized carbons (Fsp3) is 0.320. The van der Waals surface area contributed by atoms with Gasteiger partial charge < -0.3 is 19.8 Å². The summed E-state index contributed by atoms with van der Waals surface area (Å²) in [6, 6.07) is 13.1. The molecule has 0 aliphatic heterocycles. The first-order valence-electron chi connectivity index (χ1n) is 10.9. The molecule has 0 saturated heterocycles. The smallest absolute Gasteiger partial charge is 0.497 e. The highest BCUT2D eigenvalue weighted by Crippen LogP contribution is 2.30. The average molecular weight is 489 g/mol. The Morgan fingerprint density at radius 1 is 1.06 bits per heavy atom. The van der Waals surface area contributed by atoms with Crippen LogP contribution in [-0.4, -0.2) is 29.3 Å². The van der Waals surface area contributed by atoms with Gasteiger partial charge in [0.25, 0.3) is 11.5 Å². The number of amides is 1. The second-order valence-electron chi connectivity index (χ2n) is 8.38. The third kappa shape index (κ3) is 6.40. The van der Waals surface area contributed by atoms with Gasteiger partial charge in [0.15, 0.2) is 0 Å². The Bertz CT molecular complexity index is 1220. The van der Waals surface area contributed by atoms with Gasteiger partial charge >= 0.3 is 6.36 Å². The molecule has 2 N–H and O–H groups in total. The van der Waals surface area contributed by atoms with E-state index in [1.807, 2.05) is 32.9 Å². The summed E-state index contributed by atoms with van der Waals surface area (Å²) in [5.74, 6) is 0.0548. The number of nitrogens with zero attached hydrogens (tertiary/aromatic N) is 1. The lowest BCUT2D eigenvalue weighted by Gasteiger charge is -2.25. The summed E-state index contributed by atoms with van der Waals surface area (Å²) in [6.45, 7) is 5.55. The summed E-state index contributed by atoms with van der Waals surface area (Å²) in [6.07, 6.45) is -4.33. The van der Waals surface area contributed by atoms with E-state index in [0.717, 1.165) is 11.6 Å². The highest BCUT2D eigenvalue weighted by atomic mass is 19.4. The number of hydrogen-bond acceptors (Lipinski definition) is 5. The molecule has 0 aliphatic carbocycles. The number of nitrogens with one attached hydrogen (secondary N) is 2. The molecule has 35 heavy (non-hydrogen) atoms. The van der Waals surface area contributed by atoms with Crippen molar-refractivity contribution in [1.82, 2.24) is 15.3 Å². The number of halogens is 3.